The summed E-state index contributed by atoms with van der Waals surface area (Å²) in [7, 11) is 0. The average molecular weight is 306 g/mol. The molecule has 3 heteroatoms. The molecule has 0 bridgehead atoms. The van der Waals surface area contributed by atoms with Gasteiger partial charge in [-0.1, -0.05) is 32.0 Å². The fourth-order valence-corrected chi connectivity index (χ4v) is 2.52. The zero-order valence-corrected chi connectivity index (χ0v) is 13.8. The highest BCUT2D eigenvalue weighted by atomic mass is 16.3. The lowest BCUT2D eigenvalue weighted by atomic mass is 9.98. The lowest BCUT2D eigenvalue weighted by Crippen LogP contribution is -2.07. The van der Waals surface area contributed by atoms with Crippen LogP contribution < -0.4 is 5.32 Å². The molecule has 0 unspecified atom stereocenters. The third-order valence-electron chi connectivity index (χ3n) is 3.83. The van der Waals surface area contributed by atoms with Crippen LogP contribution in [0.2, 0.25) is 0 Å². The molecule has 0 fully saturated rings. The Balaban J connectivity index is 1.87. The molecule has 0 aliphatic carbocycles. The number of nitrogens with zero attached hydrogens (tertiary/aromatic N) is 1. The van der Waals surface area contributed by atoms with Crippen LogP contribution in [0.4, 0.5) is 5.69 Å². The van der Waals surface area contributed by atoms with Gasteiger partial charge in [0.1, 0.15) is 6.26 Å². The molecule has 1 N–H and O–H groups in total. The van der Waals surface area contributed by atoms with E-state index in [0.717, 1.165) is 17.8 Å². The highest BCUT2D eigenvalue weighted by molar-refractivity contribution is 5.74. The molecule has 3 rings (SSSR count). The summed E-state index contributed by atoms with van der Waals surface area (Å²) in [5.74, 6) is 1.29. The second-order valence-corrected chi connectivity index (χ2v) is 6.22. The third kappa shape index (κ3) is 3.62. The van der Waals surface area contributed by atoms with Crippen LogP contribution in [0.5, 0.6) is 0 Å². The van der Waals surface area contributed by atoms with Crippen LogP contribution in [0.3, 0.4) is 0 Å². The Morgan fingerprint density at radius 2 is 1.78 bits per heavy atom. The first-order valence-electron chi connectivity index (χ1n) is 7.98. The van der Waals surface area contributed by atoms with Gasteiger partial charge in [-0.05, 0) is 53.8 Å². The summed E-state index contributed by atoms with van der Waals surface area (Å²) in [4.78, 5) is 4.23. The van der Waals surface area contributed by atoms with Gasteiger partial charge in [-0.2, -0.15) is 0 Å². The Morgan fingerprint density at radius 3 is 2.43 bits per heavy atom. The van der Waals surface area contributed by atoms with E-state index in [1.807, 2.05) is 6.07 Å². The van der Waals surface area contributed by atoms with Crippen molar-refractivity contribution >= 4 is 5.69 Å². The van der Waals surface area contributed by atoms with Gasteiger partial charge in [0.15, 0.2) is 0 Å². The molecule has 118 valence electrons. The molecular formula is C20H22N2O. The second kappa shape index (κ2) is 6.69. The van der Waals surface area contributed by atoms with Crippen LogP contribution in [0.25, 0.3) is 22.6 Å². The number of benzene rings is 2. The molecule has 0 atom stereocenters. The predicted molar refractivity (Wildman–Crippen MR) is 95.4 cm³/mol. The van der Waals surface area contributed by atoms with E-state index in [-0.39, 0.29) is 0 Å². The molecule has 2 aromatic carbocycles. The van der Waals surface area contributed by atoms with Gasteiger partial charge < -0.3 is 9.73 Å². The molecule has 0 aliphatic rings. The van der Waals surface area contributed by atoms with Crippen molar-refractivity contribution in [3.63, 3.8) is 0 Å². The minimum absolute atomic E-state index is 0.634. The molecule has 1 heterocycles. The van der Waals surface area contributed by atoms with Gasteiger partial charge in [-0.3, -0.25) is 0 Å². The topological polar surface area (TPSA) is 38.1 Å². The number of anilines is 1. The Bertz CT molecular complexity index is 759. The van der Waals surface area contributed by atoms with Gasteiger partial charge in [0.05, 0.1) is 6.20 Å². The summed E-state index contributed by atoms with van der Waals surface area (Å²) >= 11 is 0. The zero-order chi connectivity index (χ0) is 16.2. The van der Waals surface area contributed by atoms with Gasteiger partial charge in [0.25, 0.3) is 0 Å². The van der Waals surface area contributed by atoms with Gasteiger partial charge in [0.2, 0.25) is 5.89 Å². The first-order valence-corrected chi connectivity index (χ1v) is 7.98. The van der Waals surface area contributed by atoms with Crippen LogP contribution in [0.1, 0.15) is 19.4 Å². The van der Waals surface area contributed by atoms with E-state index in [4.69, 9.17) is 4.42 Å². The van der Waals surface area contributed by atoms with Crippen molar-refractivity contribution in [2.24, 2.45) is 5.92 Å². The molecular weight excluding hydrogens is 284 g/mol. The quantitative estimate of drug-likeness (QED) is 0.687. The van der Waals surface area contributed by atoms with Crippen molar-refractivity contribution in [2.45, 2.75) is 20.8 Å². The van der Waals surface area contributed by atoms with E-state index < -0.39 is 0 Å². The number of aromatic nitrogens is 1. The van der Waals surface area contributed by atoms with Crippen LogP contribution in [0.15, 0.2) is 59.3 Å². The zero-order valence-electron chi connectivity index (χ0n) is 13.8. The summed E-state index contributed by atoms with van der Waals surface area (Å²) in [6.45, 7) is 7.52. The number of oxazole rings is 1. The number of nitrogens with one attached hydrogen (secondary N) is 1. The van der Waals surface area contributed by atoms with Crippen molar-refractivity contribution < 1.29 is 4.42 Å². The lowest BCUT2D eigenvalue weighted by molar-refractivity contribution is 0.574. The minimum atomic E-state index is 0.634. The molecule has 3 nitrogen and oxygen atoms in total. The van der Waals surface area contributed by atoms with Crippen LogP contribution in [-0.2, 0) is 0 Å². The van der Waals surface area contributed by atoms with Crippen molar-refractivity contribution in [1.82, 2.24) is 4.98 Å². The van der Waals surface area contributed by atoms with Crippen LogP contribution in [-0.4, -0.2) is 11.5 Å². The summed E-state index contributed by atoms with van der Waals surface area (Å²) in [6, 6.07) is 14.9. The minimum Gasteiger partial charge on any atom is -0.445 e. The SMILES string of the molecule is Cc1ccc(-c2ncco2)cc1-c1ccc(NCC(C)C)cc1. The van der Waals surface area contributed by atoms with Crippen LogP contribution >= 0.6 is 0 Å². The molecule has 0 spiro atoms. The molecule has 1 aromatic heterocycles. The van der Waals surface area contributed by atoms with E-state index in [1.54, 1.807) is 12.5 Å². The van der Waals surface area contributed by atoms with Crippen molar-refractivity contribution in [3.05, 3.63) is 60.5 Å². The molecule has 0 radical (unpaired) electrons. The third-order valence-corrected chi connectivity index (χ3v) is 3.83. The normalized spacial score (nSPS) is 11.0. The van der Waals surface area contributed by atoms with E-state index in [2.05, 4.69) is 67.5 Å². The second-order valence-electron chi connectivity index (χ2n) is 6.22. The van der Waals surface area contributed by atoms with Crippen molar-refractivity contribution in [2.75, 3.05) is 11.9 Å². The van der Waals surface area contributed by atoms with Gasteiger partial charge in [-0.15, -0.1) is 0 Å². The Hall–Kier alpha value is -2.55. The van der Waals surface area contributed by atoms with E-state index >= 15 is 0 Å². The summed E-state index contributed by atoms with van der Waals surface area (Å²) in [5.41, 5.74) is 5.80. The fraction of sp³-hybridized carbons (Fsp3) is 0.250. The van der Waals surface area contributed by atoms with Crippen molar-refractivity contribution in [3.8, 4) is 22.6 Å². The molecule has 23 heavy (non-hydrogen) atoms. The lowest BCUT2D eigenvalue weighted by Gasteiger charge is -2.11. The molecule has 0 aliphatic heterocycles. The molecule has 0 amide bonds. The average Bonchev–Trinajstić information content (AvgIpc) is 3.08. The van der Waals surface area contributed by atoms with Crippen LogP contribution in [0, 0.1) is 12.8 Å². The van der Waals surface area contributed by atoms with E-state index in [9.17, 15) is 0 Å². The smallest absolute Gasteiger partial charge is 0.225 e. The van der Waals surface area contributed by atoms with Gasteiger partial charge >= 0.3 is 0 Å². The first kappa shape index (κ1) is 15.3. The Labute approximate surface area is 137 Å². The summed E-state index contributed by atoms with van der Waals surface area (Å²) in [5, 5.41) is 3.45. The maximum atomic E-state index is 5.40. The van der Waals surface area contributed by atoms with Gasteiger partial charge in [-0.25, -0.2) is 4.98 Å². The highest BCUT2D eigenvalue weighted by Crippen LogP contribution is 2.29. The molecule has 3 aromatic rings. The van der Waals surface area contributed by atoms with E-state index in [0.29, 0.717) is 11.8 Å². The number of rotatable bonds is 5. The number of hydrogen-bond donors (Lipinski definition) is 1. The number of hydrogen-bond acceptors (Lipinski definition) is 3. The maximum Gasteiger partial charge on any atom is 0.225 e. The summed E-state index contributed by atoms with van der Waals surface area (Å²) in [6.07, 6.45) is 3.27. The first-order chi connectivity index (χ1) is 11.1. The van der Waals surface area contributed by atoms with Crippen molar-refractivity contribution in [1.29, 1.82) is 0 Å². The largest absolute Gasteiger partial charge is 0.445 e. The summed E-state index contributed by atoms with van der Waals surface area (Å²) < 4.78 is 5.40. The molecule has 0 saturated heterocycles. The monoisotopic (exact) mass is 306 g/mol. The fourth-order valence-electron chi connectivity index (χ4n) is 2.52. The van der Waals surface area contributed by atoms with E-state index in [1.165, 1.54) is 16.7 Å². The Morgan fingerprint density at radius 1 is 1.04 bits per heavy atom. The Kier molecular flexibility index (Phi) is 4.47. The molecule has 0 saturated carbocycles. The predicted octanol–water partition coefficient (Wildman–Crippen LogP) is 5.38. The van der Waals surface area contributed by atoms with Gasteiger partial charge in [0, 0.05) is 17.8 Å². The standard InChI is InChI=1S/C20H22N2O/c1-14(2)13-22-18-8-6-16(7-9-18)19-12-17(5-4-15(19)3)20-21-10-11-23-20/h4-12,14,22H,13H2,1-3H3. The number of aryl methyl sites for hydroxylation is 1. The maximum absolute atomic E-state index is 5.40. The highest BCUT2D eigenvalue weighted by Gasteiger charge is 2.08.